The van der Waals surface area contributed by atoms with Crippen LogP contribution in [0.1, 0.15) is 28.8 Å². The molecule has 0 saturated carbocycles. The molecule has 0 fully saturated rings. The van der Waals surface area contributed by atoms with Crippen molar-refractivity contribution >= 4 is 11.7 Å². The molecule has 19 heavy (non-hydrogen) atoms. The smallest absolute Gasteiger partial charge is 0.251 e. The number of tetrazole rings is 1. The summed E-state index contributed by atoms with van der Waals surface area (Å²) < 4.78 is 0. The van der Waals surface area contributed by atoms with Gasteiger partial charge in [-0.15, -0.1) is 10.2 Å². The molecule has 0 atom stereocenters. The van der Waals surface area contributed by atoms with E-state index in [1.807, 2.05) is 6.92 Å². The van der Waals surface area contributed by atoms with Gasteiger partial charge in [-0.25, -0.2) is 10.8 Å². The summed E-state index contributed by atoms with van der Waals surface area (Å²) in [4.78, 5) is 16.2. The summed E-state index contributed by atoms with van der Waals surface area (Å²) in [5.41, 5.74) is 3.69. The zero-order valence-electron chi connectivity index (χ0n) is 10.3. The Hall–Kier alpha value is -2.55. The molecule has 0 spiro atoms. The first-order chi connectivity index (χ1) is 9.22. The van der Waals surface area contributed by atoms with E-state index in [0.29, 0.717) is 23.6 Å². The zero-order valence-corrected chi connectivity index (χ0v) is 10.3. The fourth-order valence-electron chi connectivity index (χ4n) is 1.49. The number of amides is 1. The average molecular weight is 262 g/mol. The fourth-order valence-corrected chi connectivity index (χ4v) is 1.49. The van der Waals surface area contributed by atoms with Crippen molar-refractivity contribution in [3.8, 4) is 0 Å². The summed E-state index contributed by atoms with van der Waals surface area (Å²) in [6.07, 6.45) is 0.709. The van der Waals surface area contributed by atoms with Gasteiger partial charge in [0, 0.05) is 11.3 Å². The Morgan fingerprint density at radius 3 is 2.95 bits per heavy atom. The largest absolute Gasteiger partial charge is 0.345 e. The number of hydrazine groups is 1. The highest BCUT2D eigenvalue weighted by Gasteiger charge is 2.10. The number of nitrogens with one attached hydrogen (secondary N) is 3. The highest BCUT2D eigenvalue weighted by atomic mass is 16.1. The number of carbonyl (C=O) groups is 1. The first kappa shape index (κ1) is 12.9. The Labute approximate surface area is 109 Å². The molecule has 100 valence electrons. The number of nitrogens with zero attached hydrogens (tertiary/aromatic N) is 4. The van der Waals surface area contributed by atoms with Gasteiger partial charge in [0.05, 0.1) is 6.54 Å². The normalized spacial score (nSPS) is 10.2. The third-order valence-electron chi connectivity index (χ3n) is 2.45. The number of aryl methyl sites for hydroxylation is 1. The number of nitrogen functional groups attached to an aromatic ring is 1. The Bertz CT molecular complexity index is 530. The van der Waals surface area contributed by atoms with E-state index in [1.165, 1.54) is 0 Å². The van der Waals surface area contributed by atoms with Crippen LogP contribution in [0.5, 0.6) is 0 Å². The number of nitrogens with two attached hydrogens (primary N) is 1. The number of anilines is 1. The molecular weight excluding hydrogens is 248 g/mol. The van der Waals surface area contributed by atoms with Gasteiger partial charge in [-0.3, -0.25) is 4.79 Å². The van der Waals surface area contributed by atoms with Gasteiger partial charge in [-0.2, -0.15) is 5.21 Å². The Morgan fingerprint density at radius 1 is 1.47 bits per heavy atom. The Balaban J connectivity index is 2.09. The summed E-state index contributed by atoms with van der Waals surface area (Å²) in [7, 11) is 0. The van der Waals surface area contributed by atoms with Crippen LogP contribution in [0.4, 0.5) is 5.82 Å². The van der Waals surface area contributed by atoms with Gasteiger partial charge in [-0.05, 0) is 18.6 Å². The summed E-state index contributed by atoms with van der Waals surface area (Å²) in [5, 5.41) is 15.9. The molecule has 2 aromatic heterocycles. The van der Waals surface area contributed by atoms with Gasteiger partial charge < -0.3 is 10.7 Å². The maximum atomic E-state index is 12.0. The molecule has 0 unspecified atom stereocenters. The number of carbonyl (C=O) groups excluding carboxylic acids is 1. The van der Waals surface area contributed by atoms with Crippen LogP contribution in [-0.4, -0.2) is 31.5 Å². The molecule has 0 radical (unpaired) electrons. The molecule has 2 rings (SSSR count). The summed E-state index contributed by atoms with van der Waals surface area (Å²) in [6.45, 7) is 2.15. The van der Waals surface area contributed by atoms with Gasteiger partial charge in [0.25, 0.3) is 5.91 Å². The molecule has 5 N–H and O–H groups in total. The second kappa shape index (κ2) is 5.87. The van der Waals surface area contributed by atoms with Crippen molar-refractivity contribution in [2.45, 2.75) is 19.9 Å². The maximum absolute atomic E-state index is 12.0. The quantitative estimate of drug-likeness (QED) is 0.416. The number of aromatic nitrogens is 5. The molecule has 9 nitrogen and oxygen atoms in total. The second-order valence-electron chi connectivity index (χ2n) is 3.74. The van der Waals surface area contributed by atoms with Crippen molar-refractivity contribution in [1.82, 2.24) is 30.9 Å². The Kier molecular flexibility index (Phi) is 3.98. The number of hydrogen-bond donors (Lipinski definition) is 4. The summed E-state index contributed by atoms with van der Waals surface area (Å²) in [5.74, 6) is 5.93. The van der Waals surface area contributed by atoms with E-state index in [2.05, 4.69) is 36.4 Å². The van der Waals surface area contributed by atoms with Crippen LogP contribution in [0.3, 0.4) is 0 Å². The molecule has 2 aromatic rings. The standard InChI is InChI=1S/C10H14N8O/c1-2-7-3-6(4-8(13-7)14-11)10(19)12-5-9-15-17-18-16-9/h3-4H,2,5,11H2,1H3,(H,12,19)(H,13,14)(H,15,16,17,18). The topological polar surface area (TPSA) is 134 Å². The second-order valence-corrected chi connectivity index (χ2v) is 3.74. The van der Waals surface area contributed by atoms with Crippen LogP contribution in [0.2, 0.25) is 0 Å². The minimum atomic E-state index is -0.251. The van der Waals surface area contributed by atoms with Gasteiger partial charge in [0.2, 0.25) is 0 Å². The summed E-state index contributed by atoms with van der Waals surface area (Å²) >= 11 is 0. The van der Waals surface area contributed by atoms with Crippen LogP contribution < -0.4 is 16.6 Å². The van der Waals surface area contributed by atoms with Crippen molar-refractivity contribution in [3.05, 3.63) is 29.2 Å². The zero-order chi connectivity index (χ0) is 13.7. The van der Waals surface area contributed by atoms with Crippen LogP contribution in [0, 0.1) is 0 Å². The average Bonchev–Trinajstić information content (AvgIpc) is 2.97. The molecule has 0 bridgehead atoms. The number of hydrogen-bond acceptors (Lipinski definition) is 7. The number of pyridine rings is 1. The molecular formula is C10H14N8O. The predicted molar refractivity (Wildman–Crippen MR) is 66.8 cm³/mol. The minimum absolute atomic E-state index is 0.199. The third kappa shape index (κ3) is 3.22. The third-order valence-corrected chi connectivity index (χ3v) is 2.45. The van der Waals surface area contributed by atoms with Crippen molar-refractivity contribution in [2.24, 2.45) is 5.84 Å². The number of aromatic amines is 1. The van der Waals surface area contributed by atoms with E-state index < -0.39 is 0 Å². The van der Waals surface area contributed by atoms with Crippen molar-refractivity contribution in [3.63, 3.8) is 0 Å². The van der Waals surface area contributed by atoms with Crippen molar-refractivity contribution < 1.29 is 4.79 Å². The molecule has 0 aliphatic heterocycles. The van der Waals surface area contributed by atoms with Gasteiger partial charge in [0.1, 0.15) is 5.82 Å². The van der Waals surface area contributed by atoms with E-state index in [9.17, 15) is 4.79 Å². The Morgan fingerprint density at radius 2 is 2.32 bits per heavy atom. The lowest BCUT2D eigenvalue weighted by Crippen LogP contribution is -2.24. The minimum Gasteiger partial charge on any atom is -0.345 e. The van der Waals surface area contributed by atoms with Gasteiger partial charge in [0.15, 0.2) is 5.82 Å². The molecule has 9 heteroatoms. The molecule has 0 saturated heterocycles. The highest BCUT2D eigenvalue weighted by Crippen LogP contribution is 2.10. The fraction of sp³-hybridized carbons (Fsp3) is 0.300. The highest BCUT2D eigenvalue weighted by molar-refractivity contribution is 5.94. The molecule has 0 aliphatic carbocycles. The van der Waals surface area contributed by atoms with Crippen LogP contribution >= 0.6 is 0 Å². The SMILES string of the molecule is CCc1cc(C(=O)NCc2nn[nH]n2)cc(NN)n1. The van der Waals surface area contributed by atoms with E-state index in [0.717, 1.165) is 5.69 Å². The lowest BCUT2D eigenvalue weighted by atomic mass is 10.2. The van der Waals surface area contributed by atoms with E-state index in [-0.39, 0.29) is 12.5 Å². The lowest BCUT2D eigenvalue weighted by Gasteiger charge is -2.07. The maximum Gasteiger partial charge on any atom is 0.251 e. The molecule has 1 amide bonds. The van der Waals surface area contributed by atoms with Gasteiger partial charge in [-0.1, -0.05) is 12.1 Å². The summed E-state index contributed by atoms with van der Waals surface area (Å²) in [6, 6.07) is 3.29. The first-order valence-electron chi connectivity index (χ1n) is 5.71. The van der Waals surface area contributed by atoms with E-state index in [1.54, 1.807) is 12.1 Å². The molecule has 0 aliphatic rings. The van der Waals surface area contributed by atoms with Crippen LogP contribution in [0.15, 0.2) is 12.1 Å². The lowest BCUT2D eigenvalue weighted by molar-refractivity contribution is 0.0949. The first-order valence-corrected chi connectivity index (χ1v) is 5.71. The van der Waals surface area contributed by atoms with Gasteiger partial charge >= 0.3 is 0 Å². The monoisotopic (exact) mass is 262 g/mol. The predicted octanol–water partition coefficient (Wildman–Crippen LogP) is -0.627. The molecule has 2 heterocycles. The van der Waals surface area contributed by atoms with E-state index in [4.69, 9.17) is 5.84 Å². The van der Waals surface area contributed by atoms with E-state index >= 15 is 0 Å². The molecule has 0 aromatic carbocycles. The number of rotatable bonds is 5. The van der Waals surface area contributed by atoms with Crippen LogP contribution in [0.25, 0.3) is 0 Å². The van der Waals surface area contributed by atoms with Crippen molar-refractivity contribution in [2.75, 3.05) is 5.43 Å². The van der Waals surface area contributed by atoms with Crippen molar-refractivity contribution in [1.29, 1.82) is 0 Å². The number of H-pyrrole nitrogens is 1. The van der Waals surface area contributed by atoms with Crippen LogP contribution in [-0.2, 0) is 13.0 Å².